The Morgan fingerprint density at radius 1 is 1.45 bits per heavy atom. The van der Waals surface area contributed by atoms with Gasteiger partial charge in [-0.1, -0.05) is 29.8 Å². The molecule has 1 nitrogen and oxygen atoms in total. The van der Waals surface area contributed by atoms with Crippen LogP contribution in [-0.2, 0) is 0 Å². The first-order valence-corrected chi connectivity index (χ1v) is 3.77. The lowest BCUT2D eigenvalue weighted by Gasteiger charge is -2.03. The van der Waals surface area contributed by atoms with Crippen LogP contribution in [0.2, 0.25) is 5.02 Å². The van der Waals surface area contributed by atoms with Crippen molar-refractivity contribution >= 4 is 11.6 Å². The minimum absolute atomic E-state index is 0.122. The molecule has 1 rings (SSSR count). The first-order valence-electron chi connectivity index (χ1n) is 3.39. The number of hydrogen-bond acceptors (Lipinski definition) is 1. The minimum atomic E-state index is -0.122. The molecule has 2 heteroatoms. The summed E-state index contributed by atoms with van der Waals surface area (Å²) in [4.78, 5) is 0. The van der Waals surface area contributed by atoms with Gasteiger partial charge in [0.15, 0.2) is 0 Å². The number of benzene rings is 1. The zero-order chi connectivity index (χ0) is 8.27. The molecule has 0 bridgehead atoms. The molecule has 1 aromatic carbocycles. The van der Waals surface area contributed by atoms with E-state index in [1.807, 2.05) is 25.1 Å². The summed E-state index contributed by atoms with van der Waals surface area (Å²) in [5, 5.41) is 9.27. The van der Waals surface area contributed by atoms with Gasteiger partial charge in [-0.15, -0.1) is 0 Å². The van der Waals surface area contributed by atoms with Crippen LogP contribution in [0.3, 0.4) is 0 Å². The largest absolute Gasteiger partial charge is 0.198 e. The maximum Gasteiger partial charge on any atom is 0.0701 e. The van der Waals surface area contributed by atoms with Crippen molar-refractivity contribution in [3.63, 3.8) is 0 Å². The number of halogens is 1. The quantitative estimate of drug-likeness (QED) is 0.628. The molecule has 0 aliphatic rings. The number of nitriles is 1. The predicted octanol–water partition coefficient (Wildman–Crippen LogP) is 2.97. The van der Waals surface area contributed by atoms with Gasteiger partial charge in [0.2, 0.25) is 0 Å². The molecule has 0 saturated heterocycles. The summed E-state index contributed by atoms with van der Waals surface area (Å²) < 4.78 is 0. The summed E-state index contributed by atoms with van der Waals surface area (Å²) >= 11 is 5.85. The Hall–Kier alpha value is -1.00. The maximum atomic E-state index is 8.60. The highest BCUT2D eigenvalue weighted by Gasteiger charge is 2.05. The molecular weight excluding hydrogens is 158 g/mol. The molecule has 0 heterocycles. The lowest BCUT2D eigenvalue weighted by atomic mass is 10.0. The number of nitrogens with zero attached hydrogens (tertiary/aromatic N) is 1. The Labute approximate surface area is 71.2 Å². The Morgan fingerprint density at radius 2 is 2.09 bits per heavy atom. The second-order valence-electron chi connectivity index (χ2n) is 2.37. The SMILES string of the molecule is C[C@H](C#N)c1ccccc1Cl. The van der Waals surface area contributed by atoms with Gasteiger partial charge < -0.3 is 0 Å². The van der Waals surface area contributed by atoms with Crippen LogP contribution in [0.4, 0.5) is 0 Å². The highest BCUT2D eigenvalue weighted by atomic mass is 35.5. The fraction of sp³-hybridized carbons (Fsp3) is 0.222. The Bertz CT molecular complexity index is 288. The van der Waals surface area contributed by atoms with E-state index in [0.717, 1.165) is 5.56 Å². The first kappa shape index (κ1) is 8.10. The lowest BCUT2D eigenvalue weighted by Crippen LogP contribution is -1.89. The van der Waals surface area contributed by atoms with E-state index >= 15 is 0 Å². The molecule has 0 aliphatic carbocycles. The molecule has 1 atom stereocenters. The molecule has 0 amide bonds. The van der Waals surface area contributed by atoms with E-state index in [0.29, 0.717) is 5.02 Å². The first-order chi connectivity index (χ1) is 5.25. The molecule has 0 aliphatic heterocycles. The summed E-state index contributed by atoms with van der Waals surface area (Å²) in [7, 11) is 0. The van der Waals surface area contributed by atoms with E-state index in [4.69, 9.17) is 16.9 Å². The van der Waals surface area contributed by atoms with E-state index < -0.39 is 0 Å². The van der Waals surface area contributed by atoms with E-state index in [2.05, 4.69) is 6.07 Å². The van der Waals surface area contributed by atoms with Crippen molar-refractivity contribution < 1.29 is 0 Å². The van der Waals surface area contributed by atoms with Crippen LogP contribution in [0.15, 0.2) is 24.3 Å². The van der Waals surface area contributed by atoms with Gasteiger partial charge in [-0.3, -0.25) is 0 Å². The second-order valence-corrected chi connectivity index (χ2v) is 2.78. The van der Waals surface area contributed by atoms with Gasteiger partial charge in [0.25, 0.3) is 0 Å². The second kappa shape index (κ2) is 3.41. The van der Waals surface area contributed by atoms with E-state index in [1.54, 1.807) is 6.07 Å². The smallest absolute Gasteiger partial charge is 0.0701 e. The molecule has 0 fully saturated rings. The fourth-order valence-corrected chi connectivity index (χ4v) is 1.20. The minimum Gasteiger partial charge on any atom is -0.198 e. The number of hydrogen-bond donors (Lipinski definition) is 0. The topological polar surface area (TPSA) is 23.8 Å². The molecule has 0 N–H and O–H groups in total. The third-order valence-corrected chi connectivity index (χ3v) is 1.91. The molecule has 0 radical (unpaired) electrons. The molecule has 11 heavy (non-hydrogen) atoms. The lowest BCUT2D eigenvalue weighted by molar-refractivity contribution is 0.982. The zero-order valence-corrected chi connectivity index (χ0v) is 6.97. The normalized spacial score (nSPS) is 12.1. The summed E-state index contributed by atoms with van der Waals surface area (Å²) in [6, 6.07) is 9.55. The van der Waals surface area contributed by atoms with Gasteiger partial charge in [-0.05, 0) is 18.6 Å². The van der Waals surface area contributed by atoms with Gasteiger partial charge in [0.05, 0.1) is 12.0 Å². The van der Waals surface area contributed by atoms with Crippen LogP contribution in [0.1, 0.15) is 18.4 Å². The highest BCUT2D eigenvalue weighted by Crippen LogP contribution is 2.22. The van der Waals surface area contributed by atoms with Gasteiger partial charge >= 0.3 is 0 Å². The number of rotatable bonds is 1. The van der Waals surface area contributed by atoms with Crippen LogP contribution in [-0.4, -0.2) is 0 Å². The molecular formula is C9H8ClN. The van der Waals surface area contributed by atoms with E-state index in [1.165, 1.54) is 0 Å². The molecule has 0 unspecified atom stereocenters. The molecule has 0 aromatic heterocycles. The molecule has 0 spiro atoms. The Morgan fingerprint density at radius 3 is 2.64 bits per heavy atom. The monoisotopic (exact) mass is 165 g/mol. The average molecular weight is 166 g/mol. The third-order valence-electron chi connectivity index (χ3n) is 1.57. The summed E-state index contributed by atoms with van der Waals surface area (Å²) in [5.74, 6) is -0.122. The summed E-state index contributed by atoms with van der Waals surface area (Å²) in [6.07, 6.45) is 0. The standard InChI is InChI=1S/C9H8ClN/c1-7(6-11)8-4-2-3-5-9(8)10/h2-5,7H,1H3/t7-/m1/s1. The third kappa shape index (κ3) is 1.72. The average Bonchev–Trinajstić information content (AvgIpc) is 2.04. The fourth-order valence-electron chi connectivity index (χ4n) is 0.896. The van der Waals surface area contributed by atoms with Gasteiger partial charge in [0, 0.05) is 5.02 Å². The van der Waals surface area contributed by atoms with E-state index in [-0.39, 0.29) is 5.92 Å². The van der Waals surface area contributed by atoms with Crippen molar-refractivity contribution in [2.24, 2.45) is 0 Å². The van der Waals surface area contributed by atoms with Crippen LogP contribution in [0.25, 0.3) is 0 Å². The molecule has 1 aromatic rings. The molecule has 56 valence electrons. The summed E-state index contributed by atoms with van der Waals surface area (Å²) in [5.41, 5.74) is 0.900. The maximum absolute atomic E-state index is 8.60. The Balaban J connectivity index is 3.05. The highest BCUT2D eigenvalue weighted by molar-refractivity contribution is 6.31. The van der Waals surface area contributed by atoms with Crippen LogP contribution < -0.4 is 0 Å². The Kier molecular flexibility index (Phi) is 2.51. The van der Waals surface area contributed by atoms with Crippen LogP contribution in [0.5, 0.6) is 0 Å². The molecule has 0 saturated carbocycles. The van der Waals surface area contributed by atoms with Crippen molar-refractivity contribution in [3.8, 4) is 6.07 Å². The van der Waals surface area contributed by atoms with Crippen molar-refractivity contribution in [3.05, 3.63) is 34.9 Å². The van der Waals surface area contributed by atoms with Gasteiger partial charge in [-0.25, -0.2) is 0 Å². The van der Waals surface area contributed by atoms with Crippen molar-refractivity contribution in [2.45, 2.75) is 12.8 Å². The van der Waals surface area contributed by atoms with Crippen LogP contribution in [0, 0.1) is 11.3 Å². The zero-order valence-electron chi connectivity index (χ0n) is 6.21. The van der Waals surface area contributed by atoms with Crippen molar-refractivity contribution in [2.75, 3.05) is 0 Å². The predicted molar refractivity (Wildman–Crippen MR) is 45.5 cm³/mol. The summed E-state index contributed by atoms with van der Waals surface area (Å²) in [6.45, 7) is 1.83. The van der Waals surface area contributed by atoms with Crippen molar-refractivity contribution in [1.29, 1.82) is 5.26 Å². The van der Waals surface area contributed by atoms with Crippen LogP contribution >= 0.6 is 11.6 Å². The van der Waals surface area contributed by atoms with Gasteiger partial charge in [0.1, 0.15) is 0 Å². The van der Waals surface area contributed by atoms with E-state index in [9.17, 15) is 0 Å². The van der Waals surface area contributed by atoms with Gasteiger partial charge in [-0.2, -0.15) is 5.26 Å². The van der Waals surface area contributed by atoms with Crippen molar-refractivity contribution in [1.82, 2.24) is 0 Å².